The van der Waals surface area contributed by atoms with Crippen LogP contribution in [0.3, 0.4) is 0 Å². The fourth-order valence-electron chi connectivity index (χ4n) is 8.02. The van der Waals surface area contributed by atoms with Gasteiger partial charge in [-0.05, 0) is 97.4 Å². The SMILES string of the molecule is C[C@@H]1C(/N=C(/Nc2ccc3c(=O)n(CCc4ccc(F)cc4)c(-c4ccncc4)nc3c2)N2CCN[C@@H](C)C2)C[C@H]2C[C@@H]1C2(C)C. The molecule has 2 aromatic carbocycles. The van der Waals surface area contributed by atoms with Crippen LogP contribution in [0.1, 0.15) is 46.1 Å². The molecule has 3 aliphatic carbocycles. The average molecular weight is 622 g/mol. The van der Waals surface area contributed by atoms with E-state index >= 15 is 0 Å². The zero-order valence-corrected chi connectivity index (χ0v) is 27.2. The van der Waals surface area contributed by atoms with E-state index in [1.807, 2.05) is 30.3 Å². The van der Waals surface area contributed by atoms with E-state index in [9.17, 15) is 9.18 Å². The molecule has 3 saturated carbocycles. The molecule has 5 atom stereocenters. The molecule has 2 aromatic heterocycles. The standard InChI is InChI=1S/C37H44FN7O/c1-23-22-44(18-16-40-23)36(43-32-20-27-19-31(24(32)2)37(27,3)4)41-29-9-10-30-33(21-29)42-34(26-11-14-39-15-12-26)45(35(30)46)17-13-25-5-7-28(38)8-6-25/h5-12,14-15,21,23-24,27,31-32,40H,13,16-20,22H2,1-4H3,(H,41,43)/t23-,24-,27+,31-,32?/m0/s1. The number of piperazine rings is 1. The molecule has 2 bridgehead atoms. The van der Waals surface area contributed by atoms with Crippen LogP contribution in [0.5, 0.6) is 0 Å². The van der Waals surface area contributed by atoms with Gasteiger partial charge in [-0.25, -0.2) is 14.4 Å². The molecular weight excluding hydrogens is 577 g/mol. The molecule has 3 heterocycles. The van der Waals surface area contributed by atoms with Crippen molar-refractivity contribution >= 4 is 22.5 Å². The van der Waals surface area contributed by atoms with E-state index in [0.717, 1.165) is 54.7 Å². The molecule has 240 valence electrons. The number of rotatable bonds is 6. The maximum atomic E-state index is 14.0. The van der Waals surface area contributed by atoms with Gasteiger partial charge in [0.25, 0.3) is 5.56 Å². The minimum atomic E-state index is -0.274. The quantitative estimate of drug-likeness (QED) is 0.204. The highest BCUT2D eigenvalue weighted by Crippen LogP contribution is 2.61. The van der Waals surface area contributed by atoms with E-state index in [1.54, 1.807) is 29.1 Å². The van der Waals surface area contributed by atoms with Gasteiger partial charge in [0.05, 0.1) is 16.9 Å². The molecule has 2 N–H and O–H groups in total. The van der Waals surface area contributed by atoms with E-state index in [0.29, 0.717) is 53.0 Å². The second-order valence-electron chi connectivity index (χ2n) is 14.1. The lowest BCUT2D eigenvalue weighted by molar-refractivity contribution is -0.108. The van der Waals surface area contributed by atoms with Gasteiger partial charge in [-0.3, -0.25) is 14.3 Å². The van der Waals surface area contributed by atoms with Gasteiger partial charge in [0.15, 0.2) is 5.96 Å². The largest absolute Gasteiger partial charge is 0.340 e. The summed E-state index contributed by atoms with van der Waals surface area (Å²) in [6, 6.07) is 16.6. The molecule has 0 spiro atoms. The van der Waals surface area contributed by atoms with Crippen LogP contribution in [-0.2, 0) is 13.0 Å². The number of nitrogens with one attached hydrogen (secondary N) is 2. The Hall–Kier alpha value is -4.11. The predicted octanol–water partition coefficient (Wildman–Crippen LogP) is 5.97. The number of hydrogen-bond acceptors (Lipinski definition) is 5. The van der Waals surface area contributed by atoms with Crippen molar-refractivity contribution in [2.24, 2.45) is 28.2 Å². The fourth-order valence-corrected chi connectivity index (χ4v) is 8.02. The van der Waals surface area contributed by atoms with Gasteiger partial charge in [-0.1, -0.05) is 32.9 Å². The molecule has 1 saturated heterocycles. The Balaban J connectivity index is 1.23. The van der Waals surface area contributed by atoms with Crippen LogP contribution in [0.2, 0.25) is 0 Å². The van der Waals surface area contributed by atoms with E-state index in [-0.39, 0.29) is 17.4 Å². The molecule has 0 amide bonds. The van der Waals surface area contributed by atoms with Gasteiger partial charge < -0.3 is 15.5 Å². The summed E-state index contributed by atoms with van der Waals surface area (Å²) >= 11 is 0. The van der Waals surface area contributed by atoms with Crippen LogP contribution in [0.25, 0.3) is 22.3 Å². The van der Waals surface area contributed by atoms with Crippen molar-refractivity contribution in [3.8, 4) is 11.4 Å². The van der Waals surface area contributed by atoms with Gasteiger partial charge >= 0.3 is 0 Å². The molecule has 1 unspecified atom stereocenters. The summed E-state index contributed by atoms with van der Waals surface area (Å²) in [7, 11) is 0. The number of aryl methyl sites for hydroxylation is 1. The number of fused-ring (bicyclic) bond motifs is 3. The van der Waals surface area contributed by atoms with Crippen LogP contribution in [0, 0.1) is 29.0 Å². The van der Waals surface area contributed by atoms with Gasteiger partial charge in [0.1, 0.15) is 11.6 Å². The third-order valence-corrected chi connectivity index (χ3v) is 11.0. The van der Waals surface area contributed by atoms with Crippen LogP contribution >= 0.6 is 0 Å². The van der Waals surface area contributed by atoms with Crippen LogP contribution in [-0.4, -0.2) is 57.1 Å². The number of benzene rings is 2. The molecule has 4 aliphatic rings. The first-order valence-corrected chi connectivity index (χ1v) is 16.7. The average Bonchev–Trinajstić information content (AvgIpc) is 3.05. The van der Waals surface area contributed by atoms with E-state index < -0.39 is 0 Å². The molecule has 1 aliphatic heterocycles. The Morgan fingerprint density at radius 1 is 1.09 bits per heavy atom. The zero-order valence-electron chi connectivity index (χ0n) is 27.2. The molecule has 0 radical (unpaired) electrons. The maximum absolute atomic E-state index is 14.0. The molecule has 46 heavy (non-hydrogen) atoms. The highest BCUT2D eigenvalue weighted by molar-refractivity contribution is 5.96. The highest BCUT2D eigenvalue weighted by atomic mass is 19.1. The Morgan fingerprint density at radius 2 is 1.87 bits per heavy atom. The Morgan fingerprint density at radius 3 is 2.59 bits per heavy atom. The number of aliphatic imine (C=N–C) groups is 1. The molecule has 4 aromatic rings. The van der Waals surface area contributed by atoms with Gasteiger partial charge in [-0.2, -0.15) is 0 Å². The van der Waals surface area contributed by atoms with E-state index in [2.05, 4.69) is 48.2 Å². The number of pyridine rings is 1. The van der Waals surface area contributed by atoms with Crippen molar-refractivity contribution in [2.75, 3.05) is 25.0 Å². The highest BCUT2D eigenvalue weighted by Gasteiger charge is 2.56. The van der Waals surface area contributed by atoms with E-state index in [4.69, 9.17) is 9.98 Å². The number of halogens is 1. The Bertz CT molecular complexity index is 1800. The smallest absolute Gasteiger partial charge is 0.261 e. The zero-order chi connectivity index (χ0) is 32.0. The number of guanidine groups is 1. The summed E-state index contributed by atoms with van der Waals surface area (Å²) in [5.41, 5.74) is 3.57. The fraction of sp³-hybridized carbons (Fsp3) is 0.459. The normalized spacial score (nSPS) is 25.7. The van der Waals surface area contributed by atoms with Crippen LogP contribution in [0.15, 0.2) is 76.8 Å². The lowest BCUT2D eigenvalue weighted by Crippen LogP contribution is -2.57. The number of hydrogen-bond donors (Lipinski definition) is 2. The van der Waals surface area contributed by atoms with Gasteiger partial charge in [0.2, 0.25) is 0 Å². The maximum Gasteiger partial charge on any atom is 0.261 e. The van der Waals surface area contributed by atoms with Crippen molar-refractivity contribution in [3.63, 3.8) is 0 Å². The van der Waals surface area contributed by atoms with Crippen molar-refractivity contribution in [3.05, 3.63) is 88.7 Å². The summed E-state index contributed by atoms with van der Waals surface area (Å²) in [5, 5.41) is 7.79. The van der Waals surface area contributed by atoms with Crippen molar-refractivity contribution in [2.45, 2.75) is 65.6 Å². The van der Waals surface area contributed by atoms with Gasteiger partial charge in [0, 0.05) is 55.9 Å². The number of anilines is 1. The van der Waals surface area contributed by atoms with Gasteiger partial charge in [-0.15, -0.1) is 0 Å². The molecule has 8 nitrogen and oxygen atoms in total. The Kier molecular flexibility index (Phi) is 8.13. The first-order chi connectivity index (χ1) is 22.2. The summed E-state index contributed by atoms with van der Waals surface area (Å²) in [4.78, 5) is 31.0. The van der Waals surface area contributed by atoms with Crippen molar-refractivity contribution in [1.29, 1.82) is 0 Å². The molecular formula is C37H44FN7O. The first-order valence-electron chi connectivity index (χ1n) is 16.7. The second kappa shape index (κ2) is 12.2. The lowest BCUT2D eigenvalue weighted by atomic mass is 9.45. The predicted molar refractivity (Wildman–Crippen MR) is 182 cm³/mol. The number of aromatic nitrogens is 3. The monoisotopic (exact) mass is 621 g/mol. The van der Waals surface area contributed by atoms with Crippen LogP contribution in [0.4, 0.5) is 10.1 Å². The minimum Gasteiger partial charge on any atom is -0.340 e. The third-order valence-electron chi connectivity index (χ3n) is 11.0. The summed E-state index contributed by atoms with van der Waals surface area (Å²) in [6.45, 7) is 12.5. The van der Waals surface area contributed by atoms with Crippen molar-refractivity contribution in [1.82, 2.24) is 24.8 Å². The molecule has 4 fully saturated rings. The summed E-state index contributed by atoms with van der Waals surface area (Å²) < 4.78 is 15.2. The molecule has 8 rings (SSSR count). The lowest BCUT2D eigenvalue weighted by Gasteiger charge is -2.61. The van der Waals surface area contributed by atoms with E-state index in [1.165, 1.54) is 18.6 Å². The number of nitrogens with zero attached hydrogens (tertiary/aromatic N) is 5. The summed E-state index contributed by atoms with van der Waals surface area (Å²) in [6.07, 6.45) is 6.45. The third kappa shape index (κ3) is 5.81. The minimum absolute atomic E-state index is 0.104. The molecule has 9 heteroatoms. The van der Waals surface area contributed by atoms with Crippen molar-refractivity contribution < 1.29 is 4.39 Å². The van der Waals surface area contributed by atoms with Crippen LogP contribution < -0.4 is 16.2 Å². The topological polar surface area (TPSA) is 87.4 Å². The summed E-state index contributed by atoms with van der Waals surface area (Å²) in [5.74, 6) is 3.19. The second-order valence-corrected chi connectivity index (χ2v) is 14.1. The Labute approximate surface area is 270 Å². The first kappa shape index (κ1) is 30.5.